The first-order chi connectivity index (χ1) is 9.69. The van der Waals surface area contributed by atoms with E-state index in [1.54, 1.807) is 13.8 Å². The van der Waals surface area contributed by atoms with Crippen molar-refractivity contribution in [2.24, 2.45) is 0 Å². The number of amides is 1. The second-order valence-electron chi connectivity index (χ2n) is 5.25. The molecule has 0 aliphatic heterocycles. The Morgan fingerprint density at radius 2 is 2.00 bits per heavy atom. The molecule has 5 nitrogen and oxygen atoms in total. The maximum absolute atomic E-state index is 13.8. The van der Waals surface area contributed by atoms with Crippen LogP contribution in [0.15, 0.2) is 24.3 Å². The molecule has 0 heterocycles. The molecule has 0 aliphatic rings. The average molecular weight is 295 g/mol. The largest absolute Gasteiger partial charge is 0.478 e. The third-order valence-corrected chi connectivity index (χ3v) is 3.24. The molecular weight excluding hydrogens is 277 g/mol. The lowest BCUT2D eigenvalue weighted by Crippen LogP contribution is -2.47. The SMILES string of the molecule is CN(C(=O)c1cc(/C=C/C(=O)O)ccc1F)C(C)(C)CO. The number of carboxylic acid groups (broad SMARTS) is 1. The molecule has 6 heteroatoms. The predicted molar refractivity (Wildman–Crippen MR) is 76.3 cm³/mol. The third kappa shape index (κ3) is 4.13. The van der Waals surface area contributed by atoms with Crippen molar-refractivity contribution in [3.05, 3.63) is 41.2 Å². The van der Waals surface area contributed by atoms with Gasteiger partial charge in [0.05, 0.1) is 17.7 Å². The zero-order valence-corrected chi connectivity index (χ0v) is 12.1. The zero-order chi connectivity index (χ0) is 16.2. The van der Waals surface area contributed by atoms with Gasteiger partial charge in [-0.15, -0.1) is 0 Å². The molecule has 0 unspecified atom stereocenters. The number of nitrogens with zero attached hydrogens (tertiary/aromatic N) is 1. The van der Waals surface area contributed by atoms with Crippen LogP contribution >= 0.6 is 0 Å². The highest BCUT2D eigenvalue weighted by Crippen LogP contribution is 2.19. The Morgan fingerprint density at radius 3 is 2.52 bits per heavy atom. The Kier molecular flexibility index (Phi) is 5.21. The first-order valence-corrected chi connectivity index (χ1v) is 6.28. The van der Waals surface area contributed by atoms with E-state index in [1.807, 2.05) is 0 Å². The van der Waals surface area contributed by atoms with E-state index >= 15 is 0 Å². The summed E-state index contributed by atoms with van der Waals surface area (Å²) in [6, 6.07) is 3.76. The Morgan fingerprint density at radius 1 is 1.38 bits per heavy atom. The molecule has 0 atom stereocenters. The van der Waals surface area contributed by atoms with Gasteiger partial charge in [0, 0.05) is 13.1 Å². The molecule has 0 fully saturated rings. The van der Waals surface area contributed by atoms with E-state index in [9.17, 15) is 19.1 Å². The second-order valence-corrected chi connectivity index (χ2v) is 5.25. The number of likely N-dealkylation sites (N-methyl/N-ethyl adjacent to an activating group) is 1. The van der Waals surface area contributed by atoms with Crippen molar-refractivity contribution >= 4 is 18.0 Å². The molecular formula is C15H18FNO4. The molecule has 0 spiro atoms. The molecule has 21 heavy (non-hydrogen) atoms. The quantitative estimate of drug-likeness (QED) is 0.812. The highest BCUT2D eigenvalue weighted by Gasteiger charge is 2.29. The van der Waals surface area contributed by atoms with Gasteiger partial charge in [-0.2, -0.15) is 0 Å². The van der Waals surface area contributed by atoms with Gasteiger partial charge in [0.25, 0.3) is 5.91 Å². The monoisotopic (exact) mass is 295 g/mol. The first-order valence-electron chi connectivity index (χ1n) is 6.28. The van der Waals surface area contributed by atoms with Gasteiger partial charge in [0.1, 0.15) is 5.82 Å². The van der Waals surface area contributed by atoms with E-state index < -0.39 is 23.2 Å². The predicted octanol–water partition coefficient (Wildman–Crippen LogP) is 1.77. The molecule has 1 aromatic carbocycles. The fraction of sp³-hybridized carbons (Fsp3) is 0.333. The van der Waals surface area contributed by atoms with Crippen LogP contribution in [0.2, 0.25) is 0 Å². The van der Waals surface area contributed by atoms with Gasteiger partial charge in [0.2, 0.25) is 0 Å². The van der Waals surface area contributed by atoms with Gasteiger partial charge in [-0.3, -0.25) is 4.79 Å². The van der Waals surface area contributed by atoms with Crippen molar-refractivity contribution < 1.29 is 24.2 Å². The summed E-state index contributed by atoms with van der Waals surface area (Å²) in [5, 5.41) is 17.8. The minimum absolute atomic E-state index is 0.174. The molecule has 0 aromatic heterocycles. The fourth-order valence-electron chi connectivity index (χ4n) is 1.54. The number of hydrogen-bond acceptors (Lipinski definition) is 3. The van der Waals surface area contributed by atoms with E-state index in [1.165, 1.54) is 30.2 Å². The molecule has 0 saturated carbocycles. The van der Waals surface area contributed by atoms with E-state index in [4.69, 9.17) is 5.11 Å². The Balaban J connectivity index is 3.15. The first kappa shape index (κ1) is 16.8. The topological polar surface area (TPSA) is 77.8 Å². The summed E-state index contributed by atoms with van der Waals surface area (Å²) in [5.74, 6) is -2.42. The second kappa shape index (κ2) is 6.49. The van der Waals surface area contributed by atoms with Crippen LogP contribution < -0.4 is 0 Å². The van der Waals surface area contributed by atoms with Crippen molar-refractivity contribution in [3.8, 4) is 0 Å². The zero-order valence-electron chi connectivity index (χ0n) is 12.1. The molecule has 0 bridgehead atoms. The molecule has 0 radical (unpaired) electrons. The summed E-state index contributed by atoms with van der Waals surface area (Å²) in [5.41, 5.74) is -0.611. The molecule has 0 aliphatic carbocycles. The molecule has 1 aromatic rings. The fourth-order valence-corrected chi connectivity index (χ4v) is 1.54. The molecule has 1 rings (SSSR count). The number of hydrogen-bond donors (Lipinski definition) is 2. The highest BCUT2D eigenvalue weighted by atomic mass is 19.1. The number of carboxylic acids is 1. The average Bonchev–Trinajstić information content (AvgIpc) is 2.44. The summed E-state index contributed by atoms with van der Waals surface area (Å²) in [6.07, 6.45) is 2.18. The third-order valence-electron chi connectivity index (χ3n) is 3.24. The van der Waals surface area contributed by atoms with Gasteiger partial charge < -0.3 is 15.1 Å². The van der Waals surface area contributed by atoms with Gasteiger partial charge in [-0.1, -0.05) is 6.07 Å². The van der Waals surface area contributed by atoms with Crippen molar-refractivity contribution in [1.29, 1.82) is 0 Å². The summed E-state index contributed by atoms with van der Waals surface area (Å²) in [7, 11) is 1.47. The maximum atomic E-state index is 13.8. The van der Waals surface area contributed by atoms with Gasteiger partial charge in [-0.05, 0) is 37.6 Å². The van der Waals surface area contributed by atoms with E-state index in [2.05, 4.69) is 0 Å². The standard InChI is InChI=1S/C15H18FNO4/c1-15(2,9-18)17(3)14(21)11-8-10(4-6-12(11)16)5-7-13(19)20/h4-8,18H,9H2,1-3H3,(H,19,20)/b7-5+. The Hall–Kier alpha value is -2.21. The minimum atomic E-state index is -1.13. The number of benzene rings is 1. The van der Waals surface area contributed by atoms with E-state index in [0.717, 1.165) is 12.1 Å². The number of rotatable bonds is 5. The van der Waals surface area contributed by atoms with E-state index in [-0.39, 0.29) is 12.2 Å². The van der Waals surface area contributed by atoms with Gasteiger partial charge >= 0.3 is 5.97 Å². The summed E-state index contributed by atoms with van der Waals surface area (Å²) >= 11 is 0. The van der Waals surface area contributed by atoms with Crippen LogP contribution in [0.25, 0.3) is 6.08 Å². The van der Waals surface area contributed by atoms with Crippen LogP contribution in [0.5, 0.6) is 0 Å². The van der Waals surface area contributed by atoms with Crippen molar-refractivity contribution in [2.45, 2.75) is 19.4 Å². The molecule has 0 saturated heterocycles. The summed E-state index contributed by atoms with van der Waals surface area (Å²) < 4.78 is 13.8. The van der Waals surface area contributed by atoms with Gasteiger partial charge in [0.15, 0.2) is 0 Å². The molecule has 2 N–H and O–H groups in total. The summed E-state index contributed by atoms with van der Waals surface area (Å²) in [6.45, 7) is 3.03. The molecule has 1 amide bonds. The minimum Gasteiger partial charge on any atom is -0.478 e. The van der Waals surface area contributed by atoms with Crippen LogP contribution in [-0.2, 0) is 4.79 Å². The van der Waals surface area contributed by atoms with E-state index in [0.29, 0.717) is 5.56 Å². The number of halogens is 1. The lowest BCUT2D eigenvalue weighted by Gasteiger charge is -2.34. The number of aliphatic hydroxyl groups excluding tert-OH is 1. The maximum Gasteiger partial charge on any atom is 0.328 e. The van der Waals surface area contributed by atoms with Crippen LogP contribution in [0.4, 0.5) is 4.39 Å². The van der Waals surface area contributed by atoms with Crippen LogP contribution in [0.1, 0.15) is 29.8 Å². The lowest BCUT2D eigenvalue weighted by atomic mass is 10.0. The number of aliphatic carboxylic acids is 1. The lowest BCUT2D eigenvalue weighted by molar-refractivity contribution is -0.131. The van der Waals surface area contributed by atoms with Crippen LogP contribution in [0.3, 0.4) is 0 Å². The number of carbonyl (C=O) groups is 2. The smallest absolute Gasteiger partial charge is 0.328 e. The Bertz CT molecular complexity index is 581. The van der Waals surface area contributed by atoms with Crippen molar-refractivity contribution in [3.63, 3.8) is 0 Å². The summed E-state index contributed by atoms with van der Waals surface area (Å²) in [4.78, 5) is 24.0. The normalized spacial score (nSPS) is 11.7. The van der Waals surface area contributed by atoms with Crippen molar-refractivity contribution in [2.75, 3.05) is 13.7 Å². The molecule has 114 valence electrons. The van der Waals surface area contributed by atoms with Crippen LogP contribution in [0, 0.1) is 5.82 Å². The van der Waals surface area contributed by atoms with Crippen molar-refractivity contribution in [1.82, 2.24) is 4.90 Å². The van der Waals surface area contributed by atoms with Gasteiger partial charge in [-0.25, -0.2) is 9.18 Å². The van der Waals surface area contributed by atoms with Crippen LogP contribution in [-0.4, -0.2) is 46.2 Å². The highest BCUT2D eigenvalue weighted by molar-refractivity contribution is 5.95. The Labute approximate surface area is 122 Å². The number of carbonyl (C=O) groups excluding carboxylic acids is 1. The number of aliphatic hydroxyl groups is 1.